The summed E-state index contributed by atoms with van der Waals surface area (Å²) in [5.41, 5.74) is 0.220. The number of sulfonamides is 1. The minimum Gasteiger partial charge on any atom is -0.352 e. The summed E-state index contributed by atoms with van der Waals surface area (Å²) in [5, 5.41) is 3.15. The molecule has 2 aliphatic rings. The average Bonchev–Trinajstić information content (AvgIpc) is 2.72. The Morgan fingerprint density at radius 3 is 2.32 bits per heavy atom. The van der Waals surface area contributed by atoms with E-state index in [1.54, 1.807) is 0 Å². The number of hydrogen-bond donors (Lipinski definition) is 1. The van der Waals surface area contributed by atoms with Crippen molar-refractivity contribution in [2.24, 2.45) is 0 Å². The van der Waals surface area contributed by atoms with E-state index in [0.29, 0.717) is 19.6 Å². The number of carbonyl (C=O) groups excluding carboxylic acids is 1. The largest absolute Gasteiger partial charge is 0.352 e. The Morgan fingerprint density at radius 2 is 1.64 bits per heavy atom. The molecule has 0 radical (unpaired) electrons. The van der Waals surface area contributed by atoms with Gasteiger partial charge in [-0.15, -0.1) is 0 Å². The Hall–Kier alpha value is -1.15. The Kier molecular flexibility index (Phi) is 7.74. The van der Waals surface area contributed by atoms with Gasteiger partial charge in [0, 0.05) is 19.6 Å². The Bertz CT molecular complexity index is 773. The number of rotatable bonds is 7. The van der Waals surface area contributed by atoms with E-state index < -0.39 is 10.0 Å². The Balaban J connectivity index is 1.59. The normalized spacial score (nSPS) is 19.5. The first-order valence-corrected chi connectivity index (χ1v) is 12.1. The fourth-order valence-electron chi connectivity index (χ4n) is 3.88. The van der Waals surface area contributed by atoms with Crippen molar-refractivity contribution >= 4 is 27.5 Å². The molecular formula is C20H30ClN3O3S. The molecule has 1 N–H and O–H groups in total. The topological polar surface area (TPSA) is 69.7 Å². The summed E-state index contributed by atoms with van der Waals surface area (Å²) in [4.78, 5) is 15.1. The molecule has 2 heterocycles. The van der Waals surface area contributed by atoms with Crippen LogP contribution in [0.25, 0.3) is 0 Å². The predicted octanol–water partition coefficient (Wildman–Crippen LogP) is 3.12. The van der Waals surface area contributed by atoms with Crippen molar-refractivity contribution < 1.29 is 13.2 Å². The highest BCUT2D eigenvalue weighted by molar-refractivity contribution is 7.89. The number of nitrogens with zero attached hydrogens (tertiary/aromatic N) is 2. The predicted molar refractivity (Wildman–Crippen MR) is 111 cm³/mol. The van der Waals surface area contributed by atoms with Gasteiger partial charge in [0.15, 0.2) is 0 Å². The highest BCUT2D eigenvalue weighted by Crippen LogP contribution is 2.25. The lowest BCUT2D eigenvalue weighted by molar-refractivity contribution is 0.0951. The molecule has 2 aliphatic heterocycles. The van der Waals surface area contributed by atoms with Crippen molar-refractivity contribution in [3.63, 3.8) is 0 Å². The van der Waals surface area contributed by atoms with E-state index in [2.05, 4.69) is 10.2 Å². The maximum atomic E-state index is 12.9. The van der Waals surface area contributed by atoms with Gasteiger partial charge in [0.25, 0.3) is 5.91 Å². The van der Waals surface area contributed by atoms with Crippen LogP contribution in [0.15, 0.2) is 23.1 Å². The molecule has 3 rings (SSSR count). The SMILES string of the molecule is O=C(NCCCN1CCCCC1)c1cc(S(=O)(=O)N2CCCCC2)ccc1Cl. The first kappa shape index (κ1) is 21.6. The van der Waals surface area contributed by atoms with Crippen LogP contribution in [0.4, 0.5) is 0 Å². The molecule has 2 saturated heterocycles. The third-order valence-corrected chi connectivity index (χ3v) is 7.74. The summed E-state index contributed by atoms with van der Waals surface area (Å²) in [7, 11) is -3.59. The number of likely N-dealkylation sites (tertiary alicyclic amines) is 1. The van der Waals surface area contributed by atoms with Crippen LogP contribution in [0.5, 0.6) is 0 Å². The summed E-state index contributed by atoms with van der Waals surface area (Å²) >= 11 is 6.18. The second kappa shape index (κ2) is 10.1. The van der Waals surface area contributed by atoms with Crippen molar-refractivity contribution in [3.8, 4) is 0 Å². The van der Waals surface area contributed by atoms with Crippen LogP contribution in [0.1, 0.15) is 55.3 Å². The second-order valence-electron chi connectivity index (χ2n) is 7.62. The van der Waals surface area contributed by atoms with Crippen LogP contribution in [0.3, 0.4) is 0 Å². The summed E-state index contributed by atoms with van der Waals surface area (Å²) in [5.74, 6) is -0.320. The Morgan fingerprint density at radius 1 is 1.00 bits per heavy atom. The van der Waals surface area contributed by atoms with Gasteiger partial charge in [-0.05, 0) is 69.9 Å². The van der Waals surface area contributed by atoms with Gasteiger partial charge >= 0.3 is 0 Å². The van der Waals surface area contributed by atoms with Crippen LogP contribution < -0.4 is 5.32 Å². The number of benzene rings is 1. The van der Waals surface area contributed by atoms with Crippen molar-refractivity contribution in [2.45, 2.75) is 49.8 Å². The minimum atomic E-state index is -3.59. The van der Waals surface area contributed by atoms with E-state index in [0.717, 1.165) is 45.3 Å². The molecular weight excluding hydrogens is 398 g/mol. The standard InChI is InChI=1S/C20H30ClN3O3S/c21-19-9-8-17(28(26,27)24-14-5-2-6-15-24)16-18(19)20(25)22-10-7-13-23-11-3-1-4-12-23/h8-9,16H,1-7,10-15H2,(H,22,25). The van der Waals surface area contributed by atoms with Crippen molar-refractivity contribution in [2.75, 3.05) is 39.3 Å². The molecule has 6 nitrogen and oxygen atoms in total. The van der Waals surface area contributed by atoms with Crippen LogP contribution in [0.2, 0.25) is 5.02 Å². The van der Waals surface area contributed by atoms with Crippen molar-refractivity contribution in [1.29, 1.82) is 0 Å². The molecule has 156 valence electrons. The van der Waals surface area contributed by atoms with Gasteiger partial charge in [-0.3, -0.25) is 4.79 Å². The molecule has 0 spiro atoms. The molecule has 8 heteroatoms. The number of carbonyl (C=O) groups is 1. The summed E-state index contributed by atoms with van der Waals surface area (Å²) in [6, 6.07) is 4.40. The molecule has 1 amide bonds. The summed E-state index contributed by atoms with van der Waals surface area (Å²) < 4.78 is 27.2. The average molecular weight is 428 g/mol. The van der Waals surface area contributed by atoms with E-state index >= 15 is 0 Å². The van der Waals surface area contributed by atoms with Gasteiger partial charge in [-0.2, -0.15) is 4.31 Å². The second-order valence-corrected chi connectivity index (χ2v) is 9.96. The van der Waals surface area contributed by atoms with Crippen molar-refractivity contribution in [1.82, 2.24) is 14.5 Å². The smallest absolute Gasteiger partial charge is 0.252 e. The van der Waals surface area contributed by atoms with Crippen LogP contribution >= 0.6 is 11.6 Å². The van der Waals surface area contributed by atoms with Crippen LogP contribution in [-0.2, 0) is 10.0 Å². The fraction of sp³-hybridized carbons (Fsp3) is 0.650. The lowest BCUT2D eigenvalue weighted by Crippen LogP contribution is -2.36. The molecule has 0 aromatic heterocycles. The van der Waals surface area contributed by atoms with E-state index in [9.17, 15) is 13.2 Å². The van der Waals surface area contributed by atoms with E-state index in [4.69, 9.17) is 11.6 Å². The number of hydrogen-bond acceptors (Lipinski definition) is 4. The zero-order chi connectivity index (χ0) is 20.0. The van der Waals surface area contributed by atoms with Gasteiger partial charge in [-0.25, -0.2) is 8.42 Å². The van der Waals surface area contributed by atoms with Gasteiger partial charge in [0.2, 0.25) is 10.0 Å². The Labute approximate surface area is 173 Å². The molecule has 0 unspecified atom stereocenters. The lowest BCUT2D eigenvalue weighted by atomic mass is 10.1. The molecule has 0 aliphatic carbocycles. The molecule has 1 aromatic carbocycles. The molecule has 1 aromatic rings. The monoisotopic (exact) mass is 427 g/mol. The van der Waals surface area contributed by atoms with Gasteiger partial charge in [0.1, 0.15) is 0 Å². The maximum Gasteiger partial charge on any atom is 0.252 e. The van der Waals surface area contributed by atoms with Gasteiger partial charge in [-0.1, -0.05) is 24.4 Å². The van der Waals surface area contributed by atoms with Gasteiger partial charge < -0.3 is 10.2 Å². The number of nitrogens with one attached hydrogen (secondary N) is 1. The van der Waals surface area contributed by atoms with E-state index in [-0.39, 0.29) is 21.4 Å². The fourth-order valence-corrected chi connectivity index (χ4v) is 5.62. The quantitative estimate of drug-likeness (QED) is 0.679. The number of piperidine rings is 2. The summed E-state index contributed by atoms with van der Waals surface area (Å²) in [6.45, 7) is 4.85. The highest BCUT2D eigenvalue weighted by Gasteiger charge is 2.27. The zero-order valence-electron chi connectivity index (χ0n) is 16.3. The number of halogens is 1. The maximum absolute atomic E-state index is 12.9. The third kappa shape index (κ3) is 5.47. The van der Waals surface area contributed by atoms with E-state index in [1.165, 1.54) is 41.8 Å². The molecule has 28 heavy (non-hydrogen) atoms. The molecule has 2 fully saturated rings. The van der Waals surface area contributed by atoms with Gasteiger partial charge in [0.05, 0.1) is 15.5 Å². The van der Waals surface area contributed by atoms with Crippen LogP contribution in [-0.4, -0.2) is 62.8 Å². The zero-order valence-corrected chi connectivity index (χ0v) is 17.9. The van der Waals surface area contributed by atoms with E-state index in [1.807, 2.05) is 0 Å². The minimum absolute atomic E-state index is 0.136. The number of amides is 1. The highest BCUT2D eigenvalue weighted by atomic mass is 35.5. The van der Waals surface area contributed by atoms with Crippen molar-refractivity contribution in [3.05, 3.63) is 28.8 Å². The van der Waals surface area contributed by atoms with Crippen LogP contribution in [0, 0.1) is 0 Å². The first-order valence-electron chi connectivity index (χ1n) is 10.3. The summed E-state index contributed by atoms with van der Waals surface area (Å²) in [6.07, 6.45) is 7.48. The third-order valence-electron chi connectivity index (χ3n) is 5.52. The molecule has 0 saturated carbocycles. The molecule has 0 atom stereocenters. The first-order chi connectivity index (χ1) is 13.5. The molecule has 0 bridgehead atoms. The lowest BCUT2D eigenvalue weighted by Gasteiger charge is -2.26.